The maximum Gasteiger partial charge on any atom is 0.0589 e. The van der Waals surface area contributed by atoms with E-state index in [4.69, 9.17) is 0 Å². The molecule has 1 atom stereocenters. The smallest absolute Gasteiger partial charge is 0.0589 e. The van der Waals surface area contributed by atoms with Crippen molar-refractivity contribution < 1.29 is 5.11 Å². The molecule has 0 saturated carbocycles. The molecule has 1 unspecified atom stereocenters. The molecule has 0 aliphatic heterocycles. The van der Waals surface area contributed by atoms with E-state index in [1.54, 1.807) is 0 Å². The summed E-state index contributed by atoms with van der Waals surface area (Å²) >= 11 is 0. The molecule has 0 spiro atoms. The third kappa shape index (κ3) is 4.66. The number of aromatic nitrogens is 1. The van der Waals surface area contributed by atoms with Gasteiger partial charge in [0, 0.05) is 25.3 Å². The summed E-state index contributed by atoms with van der Waals surface area (Å²) < 4.78 is 0. The maximum atomic E-state index is 9.76. The first kappa shape index (κ1) is 15.7. The van der Waals surface area contributed by atoms with E-state index in [1.165, 1.54) is 5.56 Å². The van der Waals surface area contributed by atoms with Crippen LogP contribution in [0.2, 0.25) is 0 Å². The second-order valence-electron chi connectivity index (χ2n) is 5.71. The highest BCUT2D eigenvalue weighted by atomic mass is 16.3. The van der Waals surface area contributed by atoms with Gasteiger partial charge in [0.1, 0.15) is 0 Å². The maximum absolute atomic E-state index is 9.76. The Kier molecular flexibility index (Phi) is 5.90. The molecular formula is C18H24N2O. The number of nitrogens with zero attached hydrogens (tertiary/aromatic N) is 2. The van der Waals surface area contributed by atoms with Crippen molar-refractivity contribution in [3.63, 3.8) is 0 Å². The van der Waals surface area contributed by atoms with Gasteiger partial charge in [0.05, 0.1) is 12.3 Å². The molecule has 1 aromatic carbocycles. The number of pyridine rings is 1. The highest BCUT2D eigenvalue weighted by Gasteiger charge is 2.21. The second-order valence-corrected chi connectivity index (χ2v) is 5.71. The Morgan fingerprint density at radius 3 is 2.29 bits per heavy atom. The molecule has 0 saturated heterocycles. The summed E-state index contributed by atoms with van der Waals surface area (Å²) in [6, 6.07) is 16.5. The van der Waals surface area contributed by atoms with Crippen LogP contribution in [0.15, 0.2) is 54.7 Å². The fourth-order valence-corrected chi connectivity index (χ4v) is 2.56. The molecule has 2 aromatic rings. The van der Waals surface area contributed by atoms with Crippen molar-refractivity contribution in [2.24, 2.45) is 5.92 Å². The van der Waals surface area contributed by atoms with Crippen LogP contribution in [-0.2, 0) is 13.1 Å². The van der Waals surface area contributed by atoms with Gasteiger partial charge in [-0.25, -0.2) is 0 Å². The van der Waals surface area contributed by atoms with E-state index < -0.39 is 0 Å². The minimum atomic E-state index is 0.132. The van der Waals surface area contributed by atoms with Crippen LogP contribution in [0.1, 0.15) is 25.1 Å². The molecule has 0 bridgehead atoms. The fourth-order valence-electron chi connectivity index (χ4n) is 2.56. The van der Waals surface area contributed by atoms with Gasteiger partial charge in [-0.15, -0.1) is 0 Å². The minimum absolute atomic E-state index is 0.132. The molecule has 3 heteroatoms. The lowest BCUT2D eigenvalue weighted by Gasteiger charge is -2.33. The van der Waals surface area contributed by atoms with Gasteiger partial charge in [-0.1, -0.05) is 50.2 Å². The third-order valence-corrected chi connectivity index (χ3v) is 3.75. The molecule has 112 valence electrons. The van der Waals surface area contributed by atoms with Crippen molar-refractivity contribution >= 4 is 0 Å². The van der Waals surface area contributed by atoms with Gasteiger partial charge >= 0.3 is 0 Å². The summed E-state index contributed by atoms with van der Waals surface area (Å²) in [6.07, 6.45) is 1.82. The summed E-state index contributed by atoms with van der Waals surface area (Å²) in [5, 5.41) is 9.76. The first-order valence-corrected chi connectivity index (χ1v) is 7.49. The minimum Gasteiger partial charge on any atom is -0.395 e. The molecule has 2 rings (SSSR count). The lowest BCUT2D eigenvalue weighted by molar-refractivity contribution is 0.0774. The van der Waals surface area contributed by atoms with Crippen LogP contribution >= 0.6 is 0 Å². The van der Waals surface area contributed by atoms with Gasteiger partial charge in [-0.3, -0.25) is 9.88 Å². The van der Waals surface area contributed by atoms with Crippen LogP contribution in [-0.4, -0.2) is 27.6 Å². The van der Waals surface area contributed by atoms with E-state index in [9.17, 15) is 5.11 Å². The monoisotopic (exact) mass is 284 g/mol. The van der Waals surface area contributed by atoms with Crippen molar-refractivity contribution in [2.45, 2.75) is 33.0 Å². The molecule has 1 heterocycles. The average Bonchev–Trinajstić information content (AvgIpc) is 2.49. The summed E-state index contributed by atoms with van der Waals surface area (Å²) in [6.45, 7) is 6.03. The van der Waals surface area contributed by atoms with Gasteiger partial charge < -0.3 is 5.11 Å². The average molecular weight is 284 g/mol. The number of hydrogen-bond acceptors (Lipinski definition) is 3. The Hall–Kier alpha value is -1.71. The van der Waals surface area contributed by atoms with Crippen LogP contribution in [0.5, 0.6) is 0 Å². The number of aliphatic hydroxyl groups excluding tert-OH is 1. The van der Waals surface area contributed by atoms with Crippen LogP contribution in [0.4, 0.5) is 0 Å². The van der Waals surface area contributed by atoms with Crippen LogP contribution in [0.3, 0.4) is 0 Å². The van der Waals surface area contributed by atoms with Crippen LogP contribution in [0, 0.1) is 5.92 Å². The molecule has 21 heavy (non-hydrogen) atoms. The van der Waals surface area contributed by atoms with Gasteiger partial charge in [-0.2, -0.15) is 0 Å². The van der Waals surface area contributed by atoms with Crippen LogP contribution < -0.4 is 0 Å². The Balaban J connectivity index is 2.17. The Morgan fingerprint density at radius 2 is 1.71 bits per heavy atom. The van der Waals surface area contributed by atoms with E-state index in [-0.39, 0.29) is 12.6 Å². The Morgan fingerprint density at radius 1 is 1.00 bits per heavy atom. The highest BCUT2D eigenvalue weighted by molar-refractivity contribution is 5.15. The zero-order valence-corrected chi connectivity index (χ0v) is 12.8. The van der Waals surface area contributed by atoms with E-state index >= 15 is 0 Å². The summed E-state index contributed by atoms with van der Waals surface area (Å²) in [5.41, 5.74) is 2.29. The fraction of sp³-hybridized carbons (Fsp3) is 0.389. The van der Waals surface area contributed by atoms with Gasteiger partial charge in [0.25, 0.3) is 0 Å². The van der Waals surface area contributed by atoms with Crippen molar-refractivity contribution in [1.82, 2.24) is 9.88 Å². The van der Waals surface area contributed by atoms with E-state index in [2.05, 4.69) is 48.0 Å². The van der Waals surface area contributed by atoms with E-state index in [0.717, 1.165) is 18.8 Å². The molecule has 0 radical (unpaired) electrons. The van der Waals surface area contributed by atoms with E-state index in [1.807, 2.05) is 30.5 Å². The Bertz CT molecular complexity index is 472. The van der Waals surface area contributed by atoms with Crippen molar-refractivity contribution in [3.8, 4) is 0 Å². The third-order valence-electron chi connectivity index (χ3n) is 3.75. The molecule has 0 amide bonds. The molecule has 0 aliphatic carbocycles. The van der Waals surface area contributed by atoms with Gasteiger partial charge in [-0.05, 0) is 23.6 Å². The largest absolute Gasteiger partial charge is 0.395 e. The first-order chi connectivity index (χ1) is 10.2. The SMILES string of the molecule is CC(C)C(CO)N(Cc1ccccc1)Cc1ccccn1. The lowest BCUT2D eigenvalue weighted by atomic mass is 10.0. The number of hydrogen-bond donors (Lipinski definition) is 1. The quantitative estimate of drug-likeness (QED) is 0.848. The summed E-state index contributed by atoms with van der Waals surface area (Å²) in [7, 11) is 0. The van der Waals surface area contributed by atoms with E-state index in [0.29, 0.717) is 5.92 Å². The first-order valence-electron chi connectivity index (χ1n) is 7.49. The molecular weight excluding hydrogens is 260 g/mol. The van der Waals surface area contributed by atoms with Crippen LogP contribution in [0.25, 0.3) is 0 Å². The molecule has 3 nitrogen and oxygen atoms in total. The Labute approximate surface area is 127 Å². The second kappa shape index (κ2) is 7.91. The number of benzene rings is 1. The number of aliphatic hydroxyl groups is 1. The van der Waals surface area contributed by atoms with Crippen molar-refractivity contribution in [2.75, 3.05) is 6.61 Å². The highest BCUT2D eigenvalue weighted by Crippen LogP contribution is 2.17. The summed E-state index contributed by atoms with van der Waals surface area (Å²) in [5.74, 6) is 0.391. The predicted molar refractivity (Wildman–Crippen MR) is 85.6 cm³/mol. The zero-order valence-electron chi connectivity index (χ0n) is 12.8. The zero-order chi connectivity index (χ0) is 15.1. The van der Waals surface area contributed by atoms with Crippen molar-refractivity contribution in [1.29, 1.82) is 0 Å². The topological polar surface area (TPSA) is 36.4 Å². The molecule has 1 N–H and O–H groups in total. The van der Waals surface area contributed by atoms with Gasteiger partial charge in [0.15, 0.2) is 0 Å². The molecule has 0 aliphatic rings. The molecule has 1 aromatic heterocycles. The normalized spacial score (nSPS) is 12.8. The predicted octanol–water partition coefficient (Wildman–Crippen LogP) is 3.10. The number of rotatable bonds is 7. The van der Waals surface area contributed by atoms with Gasteiger partial charge in [0.2, 0.25) is 0 Å². The summed E-state index contributed by atoms with van der Waals surface area (Å²) in [4.78, 5) is 6.72. The van der Waals surface area contributed by atoms with Crippen molar-refractivity contribution in [3.05, 3.63) is 66.0 Å². The lowest BCUT2D eigenvalue weighted by Crippen LogP contribution is -2.40. The molecule has 0 fully saturated rings. The standard InChI is InChI=1S/C18H24N2O/c1-15(2)18(14-21)20(12-16-8-4-3-5-9-16)13-17-10-6-7-11-19-17/h3-11,15,18,21H,12-14H2,1-2H3.